The largest absolute Gasteiger partial charge is 0.369 e. The number of carbonyl (C=O) groups excluding carboxylic acids is 2. The van der Waals surface area contributed by atoms with Crippen LogP contribution in [0.5, 0.6) is 0 Å². The van der Waals surface area contributed by atoms with Crippen molar-refractivity contribution in [3.8, 4) is 0 Å². The highest BCUT2D eigenvalue weighted by atomic mass is 19.1. The topological polar surface area (TPSA) is 75.4 Å². The first-order valence-electron chi connectivity index (χ1n) is 9.54. The number of hydrogen-bond acceptors (Lipinski definition) is 3. The van der Waals surface area contributed by atoms with Gasteiger partial charge in [0.1, 0.15) is 5.82 Å². The lowest BCUT2D eigenvalue weighted by Gasteiger charge is -2.26. The Balaban J connectivity index is 1.71. The Morgan fingerprint density at radius 3 is 2.46 bits per heavy atom. The highest BCUT2D eigenvalue weighted by Crippen LogP contribution is 2.26. The summed E-state index contributed by atoms with van der Waals surface area (Å²) in [4.78, 5) is 25.3. The highest BCUT2D eigenvalue weighted by Gasteiger charge is 2.17. The van der Waals surface area contributed by atoms with Crippen LogP contribution in [0.4, 0.5) is 4.39 Å². The summed E-state index contributed by atoms with van der Waals surface area (Å²) >= 11 is 0. The van der Waals surface area contributed by atoms with Gasteiger partial charge in [0.05, 0.1) is 13.1 Å². The van der Waals surface area contributed by atoms with Gasteiger partial charge in [0, 0.05) is 6.54 Å². The first-order valence-corrected chi connectivity index (χ1v) is 9.54. The quantitative estimate of drug-likeness (QED) is 0.669. The minimum atomic E-state index is -0.409. The van der Waals surface area contributed by atoms with Crippen LogP contribution >= 0.6 is 0 Å². The van der Waals surface area contributed by atoms with Crippen molar-refractivity contribution >= 4 is 11.8 Å². The summed E-state index contributed by atoms with van der Waals surface area (Å²) in [6.45, 7) is 1.49. The standard InChI is InChI=1S/C20H30FN3O2/c21-18-8-6-17(7-9-18)10-12-23-20(26)15-24(14-19(22)25)13-11-16-4-2-1-3-5-16/h6-9,16H,1-5,10-15H2,(H2,22,25)(H,23,26). The van der Waals surface area contributed by atoms with Gasteiger partial charge in [0.25, 0.3) is 0 Å². The van der Waals surface area contributed by atoms with E-state index in [9.17, 15) is 14.0 Å². The van der Waals surface area contributed by atoms with Gasteiger partial charge in [-0.05, 0) is 43.0 Å². The highest BCUT2D eigenvalue weighted by molar-refractivity contribution is 5.80. The minimum Gasteiger partial charge on any atom is -0.369 e. The lowest BCUT2D eigenvalue weighted by molar-refractivity contribution is -0.123. The fourth-order valence-electron chi connectivity index (χ4n) is 3.53. The Morgan fingerprint density at radius 1 is 1.12 bits per heavy atom. The van der Waals surface area contributed by atoms with Crippen molar-refractivity contribution in [1.29, 1.82) is 0 Å². The summed E-state index contributed by atoms with van der Waals surface area (Å²) in [5.41, 5.74) is 6.29. The van der Waals surface area contributed by atoms with Gasteiger partial charge in [-0.1, -0.05) is 44.2 Å². The van der Waals surface area contributed by atoms with Crippen LogP contribution in [0.25, 0.3) is 0 Å². The van der Waals surface area contributed by atoms with E-state index in [1.165, 1.54) is 44.2 Å². The number of halogens is 1. The molecule has 3 N–H and O–H groups in total. The van der Waals surface area contributed by atoms with E-state index in [1.54, 1.807) is 12.1 Å². The number of nitrogens with two attached hydrogens (primary N) is 1. The molecule has 1 aliphatic carbocycles. The number of benzene rings is 1. The number of nitrogens with one attached hydrogen (secondary N) is 1. The van der Waals surface area contributed by atoms with Gasteiger partial charge in [-0.3, -0.25) is 14.5 Å². The predicted octanol–water partition coefficient (Wildman–Crippen LogP) is 2.24. The molecular weight excluding hydrogens is 333 g/mol. The maximum atomic E-state index is 12.9. The van der Waals surface area contributed by atoms with Crippen molar-refractivity contribution in [3.05, 3.63) is 35.6 Å². The van der Waals surface area contributed by atoms with Crippen molar-refractivity contribution < 1.29 is 14.0 Å². The second-order valence-corrected chi connectivity index (χ2v) is 7.20. The molecule has 144 valence electrons. The van der Waals surface area contributed by atoms with E-state index in [-0.39, 0.29) is 24.8 Å². The second-order valence-electron chi connectivity index (χ2n) is 7.20. The van der Waals surface area contributed by atoms with E-state index in [1.807, 2.05) is 4.90 Å². The summed E-state index contributed by atoms with van der Waals surface area (Å²) in [6.07, 6.45) is 8.02. The van der Waals surface area contributed by atoms with E-state index in [4.69, 9.17) is 5.73 Å². The third kappa shape index (κ3) is 7.95. The Bertz CT molecular complexity index is 571. The van der Waals surface area contributed by atoms with E-state index in [0.717, 1.165) is 18.5 Å². The molecular formula is C20H30FN3O2. The van der Waals surface area contributed by atoms with Gasteiger partial charge < -0.3 is 11.1 Å². The van der Waals surface area contributed by atoms with Gasteiger partial charge >= 0.3 is 0 Å². The van der Waals surface area contributed by atoms with Crippen LogP contribution in [-0.2, 0) is 16.0 Å². The maximum absolute atomic E-state index is 12.9. The summed E-state index contributed by atoms with van der Waals surface area (Å²) < 4.78 is 12.9. The van der Waals surface area contributed by atoms with Gasteiger partial charge in [-0.15, -0.1) is 0 Å². The first-order chi connectivity index (χ1) is 12.5. The molecule has 1 aromatic carbocycles. The lowest BCUT2D eigenvalue weighted by Crippen LogP contribution is -2.42. The molecule has 5 nitrogen and oxygen atoms in total. The van der Waals surface area contributed by atoms with Gasteiger partial charge in [0.15, 0.2) is 0 Å². The number of hydrogen-bond donors (Lipinski definition) is 2. The van der Waals surface area contributed by atoms with Crippen LogP contribution in [0, 0.1) is 11.7 Å². The van der Waals surface area contributed by atoms with Crippen molar-refractivity contribution in [2.45, 2.75) is 44.9 Å². The fourth-order valence-corrected chi connectivity index (χ4v) is 3.53. The lowest BCUT2D eigenvalue weighted by atomic mass is 9.87. The molecule has 2 amide bonds. The van der Waals surface area contributed by atoms with Crippen LogP contribution in [0.1, 0.15) is 44.1 Å². The van der Waals surface area contributed by atoms with E-state index in [2.05, 4.69) is 5.32 Å². The van der Waals surface area contributed by atoms with Crippen LogP contribution in [0.3, 0.4) is 0 Å². The molecule has 0 saturated heterocycles. The Hall–Kier alpha value is -1.95. The molecule has 1 aliphatic rings. The molecule has 2 rings (SSSR count). The van der Waals surface area contributed by atoms with Crippen LogP contribution in [-0.4, -0.2) is 42.9 Å². The molecule has 0 radical (unpaired) electrons. The average Bonchev–Trinajstić information content (AvgIpc) is 2.62. The van der Waals surface area contributed by atoms with E-state index < -0.39 is 5.91 Å². The Morgan fingerprint density at radius 2 is 1.81 bits per heavy atom. The van der Waals surface area contributed by atoms with Gasteiger partial charge in [-0.2, -0.15) is 0 Å². The number of amides is 2. The smallest absolute Gasteiger partial charge is 0.234 e. The SMILES string of the molecule is NC(=O)CN(CCC1CCCCC1)CC(=O)NCCc1ccc(F)cc1. The number of carbonyl (C=O) groups is 2. The molecule has 0 spiro atoms. The average molecular weight is 363 g/mol. The number of nitrogens with zero attached hydrogens (tertiary/aromatic N) is 1. The minimum absolute atomic E-state index is 0.109. The Labute approximate surface area is 155 Å². The summed E-state index contributed by atoms with van der Waals surface area (Å²) in [5.74, 6) is -0.0942. The second kappa shape index (κ2) is 10.9. The van der Waals surface area contributed by atoms with Crippen molar-refractivity contribution in [1.82, 2.24) is 10.2 Å². The summed E-state index contributed by atoms with van der Waals surface area (Å²) in [7, 11) is 0. The first kappa shape index (κ1) is 20.4. The molecule has 1 aromatic rings. The normalized spacial score (nSPS) is 15.2. The van der Waals surface area contributed by atoms with Crippen molar-refractivity contribution in [2.75, 3.05) is 26.2 Å². The third-order valence-corrected chi connectivity index (χ3v) is 4.97. The molecule has 1 saturated carbocycles. The van der Waals surface area contributed by atoms with Gasteiger partial charge in [0.2, 0.25) is 11.8 Å². The van der Waals surface area contributed by atoms with Crippen LogP contribution in [0.15, 0.2) is 24.3 Å². The molecule has 1 fully saturated rings. The number of primary amides is 1. The molecule has 0 atom stereocenters. The zero-order valence-electron chi connectivity index (χ0n) is 15.4. The molecule has 0 aromatic heterocycles. The summed E-state index contributed by atoms with van der Waals surface area (Å²) in [6, 6.07) is 6.25. The zero-order valence-corrected chi connectivity index (χ0v) is 15.4. The van der Waals surface area contributed by atoms with Crippen molar-refractivity contribution in [2.24, 2.45) is 11.7 Å². The zero-order chi connectivity index (χ0) is 18.8. The monoisotopic (exact) mass is 363 g/mol. The predicted molar refractivity (Wildman–Crippen MR) is 99.9 cm³/mol. The molecule has 0 aliphatic heterocycles. The third-order valence-electron chi connectivity index (χ3n) is 4.97. The number of rotatable bonds is 10. The molecule has 0 heterocycles. The Kier molecular flexibility index (Phi) is 8.54. The fraction of sp³-hybridized carbons (Fsp3) is 0.600. The van der Waals surface area contributed by atoms with Crippen molar-refractivity contribution in [3.63, 3.8) is 0 Å². The van der Waals surface area contributed by atoms with Crippen LogP contribution < -0.4 is 11.1 Å². The molecule has 0 bridgehead atoms. The molecule has 6 heteroatoms. The maximum Gasteiger partial charge on any atom is 0.234 e. The summed E-state index contributed by atoms with van der Waals surface area (Å²) in [5, 5.41) is 2.86. The van der Waals surface area contributed by atoms with E-state index in [0.29, 0.717) is 18.9 Å². The molecule has 26 heavy (non-hydrogen) atoms. The van der Waals surface area contributed by atoms with Crippen LogP contribution in [0.2, 0.25) is 0 Å². The van der Waals surface area contributed by atoms with Gasteiger partial charge in [-0.25, -0.2) is 4.39 Å². The molecule has 0 unspecified atom stereocenters. The van der Waals surface area contributed by atoms with E-state index >= 15 is 0 Å².